The van der Waals surface area contributed by atoms with Crippen molar-refractivity contribution < 1.29 is 23.0 Å². The maximum absolute atomic E-state index is 13.7. The van der Waals surface area contributed by atoms with E-state index in [1.54, 1.807) is 36.7 Å². The molecule has 1 aromatic carbocycles. The van der Waals surface area contributed by atoms with Crippen molar-refractivity contribution in [3.63, 3.8) is 0 Å². The van der Waals surface area contributed by atoms with Crippen molar-refractivity contribution >= 4 is 22.4 Å². The predicted octanol–water partition coefficient (Wildman–Crippen LogP) is 3.38. The molecule has 1 fully saturated rings. The molecule has 12 heteroatoms. The highest BCUT2D eigenvalue weighted by molar-refractivity contribution is 5.87. The molecular formula is C26H19F2N7O3. The van der Waals surface area contributed by atoms with Gasteiger partial charge in [0.15, 0.2) is 17.2 Å². The first kappa shape index (κ1) is 23.7. The van der Waals surface area contributed by atoms with Gasteiger partial charge in [0.1, 0.15) is 29.4 Å². The van der Waals surface area contributed by atoms with Crippen molar-refractivity contribution in [3.8, 4) is 29.0 Å². The van der Waals surface area contributed by atoms with Crippen molar-refractivity contribution in [1.82, 2.24) is 29.8 Å². The Morgan fingerprint density at radius 3 is 2.79 bits per heavy atom. The maximum Gasteiger partial charge on any atom is 0.178 e. The van der Waals surface area contributed by atoms with Crippen LogP contribution in [0.1, 0.15) is 5.82 Å². The predicted molar refractivity (Wildman–Crippen MR) is 132 cm³/mol. The second-order valence-corrected chi connectivity index (χ2v) is 8.30. The average Bonchev–Trinajstić information content (AvgIpc) is 3.34. The largest absolute Gasteiger partial charge is 0.406 e. The van der Waals surface area contributed by atoms with E-state index in [1.165, 1.54) is 16.6 Å². The van der Waals surface area contributed by atoms with Crippen molar-refractivity contribution in [1.29, 1.82) is 0 Å². The zero-order valence-electron chi connectivity index (χ0n) is 19.8. The van der Waals surface area contributed by atoms with Gasteiger partial charge in [0, 0.05) is 23.9 Å². The lowest BCUT2D eigenvalue weighted by molar-refractivity contribution is -0.0637. The van der Waals surface area contributed by atoms with Crippen LogP contribution in [0.4, 0.5) is 14.5 Å². The zero-order valence-corrected chi connectivity index (χ0v) is 19.8. The molecule has 0 amide bonds. The Kier molecular flexibility index (Phi) is 6.43. The van der Waals surface area contributed by atoms with Crippen LogP contribution in [0.15, 0.2) is 54.9 Å². The Morgan fingerprint density at radius 2 is 1.95 bits per heavy atom. The van der Waals surface area contributed by atoms with Crippen molar-refractivity contribution in [2.24, 2.45) is 0 Å². The number of halogens is 2. The quantitative estimate of drug-likeness (QED) is 0.353. The Balaban J connectivity index is 1.20. The van der Waals surface area contributed by atoms with E-state index in [1.807, 2.05) is 0 Å². The molecule has 1 N–H and O–H groups in total. The fraction of sp³-hybridized carbons (Fsp3) is 0.192. The summed E-state index contributed by atoms with van der Waals surface area (Å²) in [5.41, 5.74) is 3.12. The smallest absolute Gasteiger partial charge is 0.178 e. The van der Waals surface area contributed by atoms with Crippen LogP contribution < -0.4 is 10.1 Å². The van der Waals surface area contributed by atoms with Gasteiger partial charge in [0.2, 0.25) is 0 Å². The first-order valence-electron chi connectivity index (χ1n) is 11.7. The number of ether oxygens (including phenoxy) is 3. The standard InChI is InChI=1S/C26H19F2N7O3/c27-17-9-16(10-18(28)11-17)21-1-2-24-32-33-25(35(24)34-21)14-30-22-3-5-29-23-12-20(13-31-26(22)23)37-6-4-19-15-36-7-8-38-19/h1-3,5,9-13,19H,7-8,14-15H2,(H,29,30). The third-order valence-corrected chi connectivity index (χ3v) is 5.68. The molecule has 10 nitrogen and oxygen atoms in total. The molecule has 4 aromatic heterocycles. The summed E-state index contributed by atoms with van der Waals surface area (Å²) in [6.07, 6.45) is 5.51. The summed E-state index contributed by atoms with van der Waals surface area (Å²) < 4.78 is 45.2. The number of aromatic nitrogens is 6. The van der Waals surface area contributed by atoms with Gasteiger partial charge >= 0.3 is 0 Å². The topological polar surface area (TPSA) is 109 Å². The maximum atomic E-state index is 13.7. The highest BCUT2D eigenvalue weighted by Crippen LogP contribution is 2.24. The number of pyridine rings is 2. The molecular weight excluding hydrogens is 496 g/mol. The van der Waals surface area contributed by atoms with E-state index in [4.69, 9.17) is 14.2 Å². The summed E-state index contributed by atoms with van der Waals surface area (Å²) in [4.78, 5) is 8.85. The molecule has 0 aliphatic carbocycles. The van der Waals surface area contributed by atoms with Gasteiger partial charge in [-0.1, -0.05) is 0 Å². The summed E-state index contributed by atoms with van der Waals surface area (Å²) in [7, 11) is 0. The van der Waals surface area contributed by atoms with Gasteiger partial charge < -0.3 is 19.5 Å². The summed E-state index contributed by atoms with van der Waals surface area (Å²) in [6, 6.07) is 10.1. The fourth-order valence-corrected chi connectivity index (χ4v) is 3.91. The van der Waals surface area contributed by atoms with Gasteiger partial charge in [-0.15, -0.1) is 10.2 Å². The molecule has 0 spiro atoms. The lowest BCUT2D eigenvalue weighted by Gasteiger charge is -2.17. The molecule has 38 heavy (non-hydrogen) atoms. The van der Waals surface area contributed by atoms with Crippen LogP contribution in [-0.2, 0) is 16.0 Å². The summed E-state index contributed by atoms with van der Waals surface area (Å²) in [5, 5.41) is 16.1. The fourth-order valence-electron chi connectivity index (χ4n) is 3.91. The van der Waals surface area contributed by atoms with Crippen LogP contribution in [-0.4, -0.2) is 55.7 Å². The highest BCUT2D eigenvalue weighted by atomic mass is 19.1. The summed E-state index contributed by atoms with van der Waals surface area (Å²) in [6.45, 7) is 1.73. The van der Waals surface area contributed by atoms with E-state index in [0.29, 0.717) is 65.0 Å². The van der Waals surface area contributed by atoms with Gasteiger partial charge in [0.25, 0.3) is 0 Å². The molecule has 0 radical (unpaired) electrons. The van der Waals surface area contributed by atoms with E-state index in [9.17, 15) is 8.78 Å². The van der Waals surface area contributed by atoms with Crippen LogP contribution in [0, 0.1) is 23.7 Å². The number of fused-ring (bicyclic) bond motifs is 2. The van der Waals surface area contributed by atoms with Crippen LogP contribution in [0.2, 0.25) is 0 Å². The van der Waals surface area contributed by atoms with Gasteiger partial charge in [-0.05, 0) is 36.3 Å². The molecule has 1 aliphatic heterocycles. The molecule has 6 rings (SSSR count). The minimum atomic E-state index is -0.682. The van der Waals surface area contributed by atoms with Crippen LogP contribution in [0.25, 0.3) is 27.9 Å². The monoisotopic (exact) mass is 515 g/mol. The molecule has 5 heterocycles. The molecule has 190 valence electrons. The second-order valence-electron chi connectivity index (χ2n) is 8.30. The van der Waals surface area contributed by atoms with E-state index in [0.717, 1.165) is 6.07 Å². The molecule has 1 atom stereocenters. The first-order valence-corrected chi connectivity index (χ1v) is 11.7. The highest BCUT2D eigenvalue weighted by Gasteiger charge is 2.13. The van der Waals surface area contributed by atoms with Crippen molar-refractivity contribution in [2.75, 3.05) is 25.1 Å². The van der Waals surface area contributed by atoms with Crippen molar-refractivity contribution in [2.45, 2.75) is 12.6 Å². The Morgan fingerprint density at radius 1 is 1.05 bits per heavy atom. The van der Waals surface area contributed by atoms with Gasteiger partial charge in [0.05, 0.1) is 49.5 Å². The molecule has 0 saturated carbocycles. The van der Waals surface area contributed by atoms with Crippen molar-refractivity contribution in [3.05, 3.63) is 72.3 Å². The Labute approximate surface area is 214 Å². The van der Waals surface area contributed by atoms with E-state index < -0.39 is 11.6 Å². The van der Waals surface area contributed by atoms with Gasteiger partial charge in [-0.3, -0.25) is 4.98 Å². The third kappa shape index (κ3) is 5.06. The number of hydrogen-bond acceptors (Lipinski definition) is 9. The zero-order chi connectivity index (χ0) is 25.9. The molecule has 1 aliphatic rings. The number of anilines is 1. The normalized spacial score (nSPS) is 15.3. The Bertz CT molecular complexity index is 1670. The lowest BCUT2D eigenvalue weighted by atomic mass is 10.1. The van der Waals surface area contributed by atoms with Crippen LogP contribution >= 0.6 is 0 Å². The minimum absolute atomic E-state index is 0.253. The summed E-state index contributed by atoms with van der Waals surface area (Å²) in [5.74, 6) is 2.43. The van der Waals surface area contributed by atoms with E-state index in [2.05, 4.69) is 42.6 Å². The van der Waals surface area contributed by atoms with E-state index in [-0.39, 0.29) is 12.6 Å². The van der Waals surface area contributed by atoms with Gasteiger partial charge in [-0.2, -0.15) is 9.61 Å². The number of nitrogens with one attached hydrogen (secondary N) is 1. The minimum Gasteiger partial charge on any atom is -0.406 e. The van der Waals surface area contributed by atoms with Crippen LogP contribution in [0.5, 0.6) is 5.75 Å². The number of benzene rings is 1. The number of nitrogens with zero attached hydrogens (tertiary/aromatic N) is 6. The van der Waals surface area contributed by atoms with Gasteiger partial charge in [-0.25, -0.2) is 13.8 Å². The Hall–Kier alpha value is -4.73. The second kappa shape index (κ2) is 10.3. The number of rotatable bonds is 5. The summed E-state index contributed by atoms with van der Waals surface area (Å²) >= 11 is 0. The number of hydrogen-bond donors (Lipinski definition) is 1. The van der Waals surface area contributed by atoms with Crippen LogP contribution in [0.3, 0.4) is 0 Å². The molecule has 1 unspecified atom stereocenters. The van der Waals surface area contributed by atoms with E-state index >= 15 is 0 Å². The SMILES string of the molecule is Fc1cc(F)cc(-c2ccc3nnc(CNc4ccnc5cc(OC#CC6COCCO6)cnc45)n3n2)c1. The molecule has 0 bridgehead atoms. The lowest BCUT2D eigenvalue weighted by Crippen LogP contribution is -2.27. The third-order valence-electron chi connectivity index (χ3n) is 5.68. The first-order chi connectivity index (χ1) is 18.6. The molecule has 5 aromatic rings. The molecule has 1 saturated heterocycles. The average molecular weight is 515 g/mol.